The lowest BCUT2D eigenvalue weighted by Crippen LogP contribution is -2.20. The Hall–Kier alpha value is -2.79. The van der Waals surface area contributed by atoms with Gasteiger partial charge in [0, 0.05) is 11.1 Å². The molecule has 3 aromatic rings. The molecule has 3 rings (SSSR count). The maximum Gasteiger partial charge on any atom is 0.261 e. The van der Waals surface area contributed by atoms with Gasteiger partial charge in [0.25, 0.3) is 5.91 Å². The molecule has 0 bridgehead atoms. The number of carbonyl (C=O) groups excluding carboxylic acids is 1. The van der Waals surface area contributed by atoms with E-state index in [1.54, 1.807) is 30.3 Å². The van der Waals surface area contributed by atoms with E-state index in [9.17, 15) is 4.79 Å². The number of hydrogen-bond donors (Lipinski definition) is 2. The Morgan fingerprint density at radius 3 is 2.74 bits per heavy atom. The molecule has 2 N–H and O–H groups in total. The third kappa shape index (κ3) is 3.05. The normalized spacial score (nSPS) is 10.5. The summed E-state index contributed by atoms with van der Waals surface area (Å²) in [5.41, 5.74) is 1.02. The van der Waals surface area contributed by atoms with Crippen LogP contribution in [0, 0.1) is 5.41 Å². The molecule has 0 saturated carbocycles. The average molecular weight is 329 g/mol. The van der Waals surface area contributed by atoms with Crippen LogP contribution in [0.3, 0.4) is 0 Å². The second kappa shape index (κ2) is 6.14. The monoisotopic (exact) mass is 328 g/mol. The van der Waals surface area contributed by atoms with E-state index in [4.69, 9.17) is 26.2 Å². The molecule has 0 saturated heterocycles. The Kier molecular flexibility index (Phi) is 4.04. The van der Waals surface area contributed by atoms with Gasteiger partial charge in [-0.05, 0) is 30.3 Å². The first kappa shape index (κ1) is 15.1. The van der Waals surface area contributed by atoms with Gasteiger partial charge in [-0.15, -0.1) is 0 Å². The van der Waals surface area contributed by atoms with Crippen molar-refractivity contribution in [3.8, 4) is 5.75 Å². The average Bonchev–Trinajstić information content (AvgIpc) is 2.54. The van der Waals surface area contributed by atoms with Gasteiger partial charge in [-0.3, -0.25) is 10.2 Å². The number of ether oxygens (including phenoxy) is 1. The van der Waals surface area contributed by atoms with Crippen molar-refractivity contribution in [1.29, 1.82) is 5.41 Å². The number of hydrogen-bond acceptors (Lipinski definition) is 4. The number of amides is 1. The maximum absolute atomic E-state index is 12.4. The topological polar surface area (TPSA) is 75.3 Å². The fourth-order valence-corrected chi connectivity index (χ4v) is 2.45. The Bertz CT molecular complexity index is 950. The van der Waals surface area contributed by atoms with Gasteiger partial charge in [-0.25, -0.2) is 0 Å². The van der Waals surface area contributed by atoms with E-state index in [0.717, 1.165) is 5.39 Å². The number of rotatable bonds is 3. The van der Waals surface area contributed by atoms with Crippen molar-refractivity contribution in [3.05, 3.63) is 64.7 Å². The highest BCUT2D eigenvalue weighted by molar-refractivity contribution is 6.32. The summed E-state index contributed by atoms with van der Waals surface area (Å²) in [5.74, 6) is 0.0808. The lowest BCUT2D eigenvalue weighted by molar-refractivity contribution is 0.102. The summed E-state index contributed by atoms with van der Waals surface area (Å²) < 4.78 is 10.4. The summed E-state index contributed by atoms with van der Waals surface area (Å²) in [6, 6.07) is 13.8. The third-order valence-electron chi connectivity index (χ3n) is 3.33. The fraction of sp³-hybridized carbons (Fsp3) is 0.0588. The Morgan fingerprint density at radius 2 is 2.00 bits per heavy atom. The second-order valence-corrected chi connectivity index (χ2v) is 5.24. The fourth-order valence-electron chi connectivity index (χ4n) is 2.19. The maximum atomic E-state index is 12.4. The van der Waals surface area contributed by atoms with Gasteiger partial charge in [0.05, 0.1) is 12.1 Å². The SMILES string of the molecule is COc1ccc(NC(=O)c2cc3ccccc3oc2=N)cc1Cl. The van der Waals surface area contributed by atoms with Crippen molar-refractivity contribution in [2.24, 2.45) is 0 Å². The zero-order chi connectivity index (χ0) is 16.4. The van der Waals surface area contributed by atoms with E-state index >= 15 is 0 Å². The molecule has 116 valence electrons. The molecule has 0 aliphatic rings. The Morgan fingerprint density at radius 1 is 1.22 bits per heavy atom. The number of benzene rings is 2. The molecular formula is C17H13ClN2O3. The van der Waals surface area contributed by atoms with Gasteiger partial charge in [0.2, 0.25) is 5.55 Å². The summed E-state index contributed by atoms with van der Waals surface area (Å²) in [4.78, 5) is 12.4. The Balaban J connectivity index is 1.93. The van der Waals surface area contributed by atoms with Gasteiger partial charge in [-0.1, -0.05) is 29.8 Å². The summed E-state index contributed by atoms with van der Waals surface area (Å²) >= 11 is 6.04. The summed E-state index contributed by atoms with van der Waals surface area (Å²) in [7, 11) is 1.52. The van der Waals surface area contributed by atoms with Crippen LogP contribution in [0.2, 0.25) is 5.02 Å². The summed E-state index contributed by atoms with van der Waals surface area (Å²) in [5, 5.41) is 11.7. The summed E-state index contributed by atoms with van der Waals surface area (Å²) in [6.07, 6.45) is 0. The molecule has 1 aromatic heterocycles. The zero-order valence-corrected chi connectivity index (χ0v) is 13.0. The molecule has 23 heavy (non-hydrogen) atoms. The van der Waals surface area contributed by atoms with Crippen molar-refractivity contribution in [3.63, 3.8) is 0 Å². The van der Waals surface area contributed by atoms with Crippen molar-refractivity contribution in [2.45, 2.75) is 0 Å². The number of fused-ring (bicyclic) bond motifs is 1. The van der Waals surface area contributed by atoms with Gasteiger partial charge >= 0.3 is 0 Å². The number of anilines is 1. The molecule has 0 unspecified atom stereocenters. The molecule has 0 fully saturated rings. The Labute approximate surface area is 137 Å². The molecule has 2 aromatic carbocycles. The minimum atomic E-state index is -0.439. The number of para-hydroxylation sites is 1. The molecule has 1 amide bonds. The molecule has 5 nitrogen and oxygen atoms in total. The number of halogens is 1. The standard InChI is InChI=1S/C17H13ClN2O3/c1-22-15-7-6-11(9-13(15)18)20-17(21)12-8-10-4-2-3-5-14(10)23-16(12)19/h2-9,19H,1H3,(H,20,21). The number of carbonyl (C=O) groups is 1. The molecule has 6 heteroatoms. The van der Waals surface area contributed by atoms with Crippen molar-refractivity contribution in [2.75, 3.05) is 12.4 Å². The van der Waals surface area contributed by atoms with E-state index < -0.39 is 5.91 Å². The first-order valence-electron chi connectivity index (χ1n) is 6.81. The summed E-state index contributed by atoms with van der Waals surface area (Å²) in [6.45, 7) is 0. The molecule has 0 aliphatic heterocycles. The predicted octanol–water partition coefficient (Wildman–Crippen LogP) is 3.83. The van der Waals surface area contributed by atoms with Crippen LogP contribution in [0.5, 0.6) is 5.75 Å². The predicted molar refractivity (Wildman–Crippen MR) is 88.0 cm³/mol. The van der Waals surface area contributed by atoms with Crippen LogP contribution in [0.25, 0.3) is 11.0 Å². The van der Waals surface area contributed by atoms with Gasteiger partial charge in [0.1, 0.15) is 16.9 Å². The molecule has 0 aliphatic carbocycles. The smallest absolute Gasteiger partial charge is 0.261 e. The zero-order valence-electron chi connectivity index (χ0n) is 12.2. The molecule has 1 heterocycles. The van der Waals surface area contributed by atoms with Crippen molar-refractivity contribution >= 4 is 34.2 Å². The van der Waals surface area contributed by atoms with Gasteiger partial charge < -0.3 is 14.5 Å². The largest absolute Gasteiger partial charge is 0.495 e. The van der Waals surface area contributed by atoms with Gasteiger partial charge in [0.15, 0.2) is 0 Å². The minimum absolute atomic E-state index is 0.149. The van der Waals surface area contributed by atoms with Crippen LogP contribution < -0.4 is 15.6 Å². The highest BCUT2D eigenvalue weighted by Crippen LogP contribution is 2.27. The molecule has 0 atom stereocenters. The van der Waals surface area contributed by atoms with Crippen LogP contribution in [-0.2, 0) is 0 Å². The van der Waals surface area contributed by atoms with E-state index in [-0.39, 0.29) is 11.1 Å². The quantitative estimate of drug-likeness (QED) is 0.767. The molecular weight excluding hydrogens is 316 g/mol. The van der Waals surface area contributed by atoms with E-state index in [1.165, 1.54) is 7.11 Å². The van der Waals surface area contributed by atoms with E-state index in [1.807, 2.05) is 18.2 Å². The number of nitrogens with one attached hydrogen (secondary N) is 2. The lowest BCUT2D eigenvalue weighted by atomic mass is 10.1. The van der Waals surface area contributed by atoms with Crippen molar-refractivity contribution in [1.82, 2.24) is 0 Å². The third-order valence-corrected chi connectivity index (χ3v) is 3.63. The highest BCUT2D eigenvalue weighted by atomic mass is 35.5. The first-order valence-corrected chi connectivity index (χ1v) is 7.18. The van der Waals surface area contributed by atoms with Crippen LogP contribution in [0.4, 0.5) is 5.69 Å². The van der Waals surface area contributed by atoms with Gasteiger partial charge in [-0.2, -0.15) is 0 Å². The molecule has 0 spiro atoms. The van der Waals surface area contributed by atoms with Crippen LogP contribution in [-0.4, -0.2) is 13.0 Å². The highest BCUT2D eigenvalue weighted by Gasteiger charge is 2.12. The van der Waals surface area contributed by atoms with Crippen LogP contribution in [0.1, 0.15) is 10.4 Å². The first-order chi connectivity index (χ1) is 11.1. The van der Waals surface area contributed by atoms with E-state index in [0.29, 0.717) is 22.0 Å². The van der Waals surface area contributed by atoms with Crippen LogP contribution >= 0.6 is 11.6 Å². The number of methoxy groups -OCH3 is 1. The minimum Gasteiger partial charge on any atom is -0.495 e. The van der Waals surface area contributed by atoms with Crippen molar-refractivity contribution < 1.29 is 13.9 Å². The lowest BCUT2D eigenvalue weighted by Gasteiger charge is -2.08. The molecule has 0 radical (unpaired) electrons. The van der Waals surface area contributed by atoms with E-state index in [2.05, 4.69) is 5.32 Å². The second-order valence-electron chi connectivity index (χ2n) is 4.83. The van der Waals surface area contributed by atoms with Crippen LogP contribution in [0.15, 0.2) is 52.9 Å².